The molecule has 2 bridgehead atoms. The zero-order chi connectivity index (χ0) is 47.9. The van der Waals surface area contributed by atoms with Crippen LogP contribution in [0.25, 0.3) is 32.3 Å². The molecule has 20 heteroatoms. The number of carbonyl (C=O) groups is 5. The molecule has 12 rings (SSSR count). The number of aromatic nitrogens is 1. The monoisotopic (exact) mass is 992 g/mol. The van der Waals surface area contributed by atoms with Gasteiger partial charge in [-0.05, 0) is 109 Å². The highest BCUT2D eigenvalue weighted by atomic mass is 35.5. The van der Waals surface area contributed by atoms with E-state index in [-0.39, 0.29) is 70.0 Å². The number of amides is 3. The van der Waals surface area contributed by atoms with E-state index in [0.717, 1.165) is 59.0 Å². The third kappa shape index (κ3) is 8.13. The van der Waals surface area contributed by atoms with Gasteiger partial charge in [0.2, 0.25) is 21.8 Å². The van der Waals surface area contributed by atoms with Crippen molar-refractivity contribution in [2.45, 2.75) is 74.7 Å². The number of nitrogens with one attached hydrogen (secondary N) is 2. The lowest BCUT2D eigenvalue weighted by Crippen LogP contribution is -2.57. The molecule has 5 fully saturated rings. The third-order valence-corrected chi connectivity index (χ3v) is 17.8. The fourth-order valence-electron chi connectivity index (χ4n) is 11.0. The van der Waals surface area contributed by atoms with Crippen molar-refractivity contribution in [2.24, 2.45) is 5.92 Å². The molecular formula is C49H45ClN6O11S2. The van der Waals surface area contributed by atoms with Crippen molar-refractivity contribution in [1.29, 1.82) is 0 Å². The number of carboxylic acid groups (broad SMARTS) is 2. The first-order valence-corrected chi connectivity index (χ1v) is 25.6. The number of oxazole rings is 1. The summed E-state index contributed by atoms with van der Waals surface area (Å²) in [5, 5.41) is 26.6. The van der Waals surface area contributed by atoms with Crippen molar-refractivity contribution < 1.29 is 51.8 Å². The van der Waals surface area contributed by atoms with Gasteiger partial charge in [0.1, 0.15) is 16.6 Å². The molecule has 7 heterocycles. The quantitative estimate of drug-likeness (QED) is 0.0824. The van der Waals surface area contributed by atoms with Crippen LogP contribution in [-0.4, -0.2) is 102 Å². The van der Waals surface area contributed by atoms with Crippen molar-refractivity contribution >= 4 is 102 Å². The summed E-state index contributed by atoms with van der Waals surface area (Å²) >= 11 is 7.45. The molecule has 0 spiro atoms. The summed E-state index contributed by atoms with van der Waals surface area (Å²) < 4.78 is 41.3. The van der Waals surface area contributed by atoms with E-state index in [1.54, 1.807) is 39.5 Å². The van der Waals surface area contributed by atoms with E-state index in [1.807, 2.05) is 36.4 Å². The van der Waals surface area contributed by atoms with Gasteiger partial charge < -0.3 is 29.6 Å². The topological polar surface area (TPSA) is 229 Å². The number of piperidine rings is 4. The van der Waals surface area contributed by atoms with Gasteiger partial charge in [0.15, 0.2) is 22.8 Å². The van der Waals surface area contributed by atoms with E-state index < -0.39 is 40.5 Å². The fraction of sp³-hybridized carbons (Fsp3) is 0.347. The van der Waals surface area contributed by atoms with Gasteiger partial charge in [-0.15, -0.1) is 11.3 Å². The lowest BCUT2D eigenvalue weighted by molar-refractivity contribution is -0.139. The molecule has 1 saturated carbocycles. The van der Waals surface area contributed by atoms with Crippen LogP contribution in [-0.2, 0) is 30.2 Å². The van der Waals surface area contributed by atoms with Gasteiger partial charge in [-0.2, -0.15) is 9.29 Å². The number of sulfonamides is 1. The smallest absolute Gasteiger partial charge is 0.349 e. The Kier molecular flexibility index (Phi) is 11.4. The number of ether oxygens (including phenoxy) is 1. The zero-order valence-electron chi connectivity index (χ0n) is 36.9. The number of anilines is 3. The maximum atomic E-state index is 14.1. The van der Waals surface area contributed by atoms with Gasteiger partial charge in [0.05, 0.1) is 16.3 Å². The number of benzene rings is 4. The predicted octanol–water partition coefficient (Wildman–Crippen LogP) is 7.47. The Bertz CT molecular complexity index is 3260. The van der Waals surface area contributed by atoms with E-state index in [9.17, 15) is 37.5 Å². The molecule has 69 heavy (non-hydrogen) atoms. The van der Waals surface area contributed by atoms with Crippen molar-refractivity contribution in [3.05, 3.63) is 99.4 Å². The molecule has 4 N–H and O–H groups in total. The number of imide groups is 1. The molecule has 3 amide bonds. The Labute approximate surface area is 404 Å². The summed E-state index contributed by atoms with van der Waals surface area (Å²) in [6.45, 7) is 0.978. The lowest BCUT2D eigenvalue weighted by atomic mass is 9.77. The summed E-state index contributed by atoms with van der Waals surface area (Å²) in [5.74, 6) is -3.68. The Morgan fingerprint density at radius 1 is 0.971 bits per heavy atom. The number of aromatic carboxylic acids is 1. The van der Waals surface area contributed by atoms with Crippen LogP contribution in [0.5, 0.6) is 5.75 Å². The van der Waals surface area contributed by atoms with Crippen LogP contribution < -0.4 is 25.2 Å². The standard InChI is InChI=1S/C49H45ClN6O11S2/c50-42-43(66-23-40(58)59)45(48(62)63)68-44(42)27-3-1-4-29(20-27)51-34-21-30-9-8-28(34)22-55(30)69(64,65)24-25-7-13-38-35(19-25)52-49(67-38)54-17-15-26(16-18-54)31-10-11-36-41-32(31)5-2-6-33(41)47(61)56(36)37-12-14-39(57)53-46(37)60/h1-7,10-11,13,19-20,26,28,30,34,37,51H,8-9,12,14-18,21-24H2,(H,58,59)(H,62,63)(H,53,57,60). The third-order valence-electron chi connectivity index (χ3n) is 14.2. The van der Waals surface area contributed by atoms with Crippen LogP contribution in [0.15, 0.2) is 77.2 Å². The van der Waals surface area contributed by atoms with E-state index >= 15 is 0 Å². The SMILES string of the molecule is O=C(O)COc1c(C(=O)O)sc(-c2cccc(NC3CC4CCC3CN4S(=O)(=O)Cc3ccc4oc(N5CCC(c6ccc7c8c(cccc68)C(=O)N7C6CCC(=O)NC6=O)CC5)nc4c3)c2)c1Cl. The van der Waals surface area contributed by atoms with Crippen molar-refractivity contribution in [2.75, 3.05) is 41.4 Å². The molecule has 4 aromatic carbocycles. The second-order valence-electron chi connectivity index (χ2n) is 18.4. The highest BCUT2D eigenvalue weighted by Gasteiger charge is 2.46. The summed E-state index contributed by atoms with van der Waals surface area (Å²) in [6, 6.07) is 21.9. The normalized spacial score (nSPS) is 21.9. The minimum Gasteiger partial charge on any atom is -0.479 e. The fourth-order valence-corrected chi connectivity index (χ4v) is 14.3. The summed E-state index contributed by atoms with van der Waals surface area (Å²) in [7, 11) is -3.70. The van der Waals surface area contributed by atoms with E-state index in [0.29, 0.717) is 70.4 Å². The van der Waals surface area contributed by atoms with E-state index in [1.165, 1.54) is 0 Å². The number of halogens is 1. The van der Waals surface area contributed by atoms with Gasteiger partial charge in [0.25, 0.3) is 11.9 Å². The van der Waals surface area contributed by atoms with Crippen LogP contribution in [0.3, 0.4) is 0 Å². The molecule has 5 aliphatic heterocycles. The van der Waals surface area contributed by atoms with Crippen molar-refractivity contribution in [3.8, 4) is 16.2 Å². The molecule has 2 aromatic heterocycles. The Hall–Kier alpha value is -6.54. The van der Waals surface area contributed by atoms with Crippen LogP contribution in [0.1, 0.15) is 82.0 Å². The summed E-state index contributed by atoms with van der Waals surface area (Å²) in [6.07, 6.45) is 4.28. The second-order valence-corrected chi connectivity index (χ2v) is 21.7. The van der Waals surface area contributed by atoms with Crippen LogP contribution >= 0.6 is 22.9 Å². The number of hydrogen-bond donors (Lipinski definition) is 4. The maximum Gasteiger partial charge on any atom is 0.349 e. The summed E-state index contributed by atoms with van der Waals surface area (Å²) in [4.78, 5) is 70.1. The molecule has 6 aliphatic rings. The van der Waals surface area contributed by atoms with Gasteiger partial charge in [-0.25, -0.2) is 18.0 Å². The number of fused-ring (bicyclic) bond motifs is 4. The van der Waals surface area contributed by atoms with Crippen molar-refractivity contribution in [3.63, 3.8) is 0 Å². The van der Waals surface area contributed by atoms with Gasteiger partial charge in [-0.1, -0.05) is 48.0 Å². The molecule has 6 aromatic rings. The second kappa shape index (κ2) is 17.5. The molecule has 0 radical (unpaired) electrons. The van der Waals surface area contributed by atoms with Crippen molar-refractivity contribution in [1.82, 2.24) is 14.6 Å². The van der Waals surface area contributed by atoms with E-state index in [4.69, 9.17) is 30.8 Å². The van der Waals surface area contributed by atoms with E-state index in [2.05, 4.69) is 21.6 Å². The number of carboxylic acids is 2. The predicted molar refractivity (Wildman–Crippen MR) is 258 cm³/mol. The Balaban J connectivity index is 0.731. The molecular weight excluding hydrogens is 948 g/mol. The first-order valence-electron chi connectivity index (χ1n) is 22.8. The number of aliphatic carboxylic acids is 1. The van der Waals surface area contributed by atoms with Crippen LogP contribution in [0.2, 0.25) is 5.02 Å². The minimum atomic E-state index is -3.70. The number of rotatable bonds is 13. The zero-order valence-corrected chi connectivity index (χ0v) is 39.2. The first-order chi connectivity index (χ1) is 33.2. The lowest BCUT2D eigenvalue weighted by Gasteiger charge is -2.49. The minimum absolute atomic E-state index is 0.00472. The average molecular weight is 994 g/mol. The maximum absolute atomic E-state index is 14.1. The largest absolute Gasteiger partial charge is 0.479 e. The molecule has 4 unspecified atom stereocenters. The number of thiophene rings is 1. The Morgan fingerprint density at radius 2 is 1.78 bits per heavy atom. The molecule has 4 saturated heterocycles. The molecule has 1 aliphatic carbocycles. The summed E-state index contributed by atoms with van der Waals surface area (Å²) in [5.41, 5.74) is 5.54. The highest BCUT2D eigenvalue weighted by Crippen LogP contribution is 2.48. The van der Waals surface area contributed by atoms with Gasteiger partial charge in [-0.3, -0.25) is 24.6 Å². The highest BCUT2D eigenvalue weighted by molar-refractivity contribution is 7.88. The van der Waals surface area contributed by atoms with Gasteiger partial charge in [0, 0.05) is 54.8 Å². The van der Waals surface area contributed by atoms with Crippen LogP contribution in [0, 0.1) is 5.92 Å². The first kappa shape index (κ1) is 44.9. The number of carbonyl (C=O) groups excluding carboxylic acids is 3. The number of nitrogens with zero attached hydrogens (tertiary/aromatic N) is 4. The molecule has 17 nitrogen and oxygen atoms in total. The Morgan fingerprint density at radius 3 is 2.54 bits per heavy atom. The number of hydrogen-bond acceptors (Lipinski definition) is 13. The molecule has 356 valence electrons. The van der Waals surface area contributed by atoms with Crippen LogP contribution in [0.4, 0.5) is 17.4 Å². The van der Waals surface area contributed by atoms with Gasteiger partial charge >= 0.3 is 11.9 Å². The average Bonchev–Trinajstić information content (AvgIpc) is 4.00. The molecule has 4 atom stereocenters.